The van der Waals surface area contributed by atoms with Crippen molar-refractivity contribution in [3.8, 4) is 0 Å². The highest BCUT2D eigenvalue weighted by Gasteiger charge is 2.35. The van der Waals surface area contributed by atoms with Crippen molar-refractivity contribution >= 4 is 34.8 Å². The van der Waals surface area contributed by atoms with Crippen LogP contribution in [0.5, 0.6) is 0 Å². The molecule has 3 heteroatoms. The molecule has 0 radical (unpaired) electrons. The first kappa shape index (κ1) is 15.4. The summed E-state index contributed by atoms with van der Waals surface area (Å²) in [7, 11) is 0. The van der Waals surface area contributed by atoms with E-state index in [2.05, 4.69) is 0 Å². The number of alkyl halides is 1. The highest BCUT2D eigenvalue weighted by molar-refractivity contribution is 6.36. The summed E-state index contributed by atoms with van der Waals surface area (Å²) in [5.74, 6) is 0. The molecule has 0 aliphatic carbocycles. The van der Waals surface area contributed by atoms with Crippen LogP contribution < -0.4 is 0 Å². The average Bonchev–Trinajstić information content (AvgIpc) is 2.58. The molecular weight excluding hydrogens is 335 g/mol. The minimum absolute atomic E-state index is 0.590. The monoisotopic (exact) mass is 346 g/mol. The lowest BCUT2D eigenvalue weighted by atomic mass is 9.84. The molecule has 0 atom stereocenters. The zero-order chi connectivity index (χ0) is 15.6. The van der Waals surface area contributed by atoms with Gasteiger partial charge in [0.05, 0.1) is 0 Å². The van der Waals surface area contributed by atoms with Gasteiger partial charge in [-0.3, -0.25) is 0 Å². The second-order valence-corrected chi connectivity index (χ2v) is 6.43. The predicted octanol–water partition coefficient (Wildman–Crippen LogP) is 6.52. The van der Waals surface area contributed by atoms with Crippen LogP contribution in [0.4, 0.5) is 0 Å². The van der Waals surface area contributed by atoms with Crippen LogP contribution in [-0.2, 0) is 4.87 Å². The summed E-state index contributed by atoms with van der Waals surface area (Å²) in [5.41, 5.74) is 2.68. The molecule has 3 aromatic carbocycles. The van der Waals surface area contributed by atoms with Crippen molar-refractivity contribution in [3.05, 3.63) is 106 Å². The highest BCUT2D eigenvalue weighted by atomic mass is 35.5. The third kappa shape index (κ3) is 2.75. The summed E-state index contributed by atoms with van der Waals surface area (Å²) in [6.45, 7) is 0. The molecule has 0 N–H and O–H groups in total. The first-order valence-electron chi connectivity index (χ1n) is 6.88. The van der Waals surface area contributed by atoms with Crippen molar-refractivity contribution in [3.63, 3.8) is 0 Å². The minimum Gasteiger partial charge on any atom is -0.103 e. The first-order valence-corrected chi connectivity index (χ1v) is 8.01. The summed E-state index contributed by atoms with van der Waals surface area (Å²) in [4.78, 5) is -0.884. The van der Waals surface area contributed by atoms with Gasteiger partial charge in [0.15, 0.2) is 0 Å². The molecule has 110 valence electrons. The van der Waals surface area contributed by atoms with Crippen molar-refractivity contribution in [2.75, 3.05) is 0 Å². The molecule has 0 spiro atoms. The fraction of sp³-hybridized carbons (Fsp3) is 0.0526. The van der Waals surface area contributed by atoms with Gasteiger partial charge in [-0.25, -0.2) is 0 Å². The van der Waals surface area contributed by atoms with Crippen LogP contribution in [0.15, 0.2) is 78.9 Å². The Morgan fingerprint density at radius 3 is 1.64 bits per heavy atom. The van der Waals surface area contributed by atoms with Gasteiger partial charge < -0.3 is 0 Å². The smallest absolute Gasteiger partial charge is 0.103 e. The fourth-order valence-electron chi connectivity index (χ4n) is 2.57. The van der Waals surface area contributed by atoms with E-state index in [-0.39, 0.29) is 0 Å². The van der Waals surface area contributed by atoms with Gasteiger partial charge in [0.25, 0.3) is 0 Å². The largest absolute Gasteiger partial charge is 0.121 e. The molecule has 0 nitrogen and oxygen atoms in total. The summed E-state index contributed by atoms with van der Waals surface area (Å²) in [6, 6.07) is 25.2. The third-order valence-corrected chi connectivity index (χ3v) is 4.85. The van der Waals surface area contributed by atoms with E-state index >= 15 is 0 Å². The van der Waals surface area contributed by atoms with Crippen molar-refractivity contribution < 1.29 is 0 Å². The van der Waals surface area contributed by atoms with Crippen molar-refractivity contribution in [1.29, 1.82) is 0 Å². The van der Waals surface area contributed by atoms with E-state index < -0.39 is 4.87 Å². The van der Waals surface area contributed by atoms with Crippen molar-refractivity contribution in [2.45, 2.75) is 4.87 Å². The molecular formula is C19H13Cl3. The standard InChI is InChI=1S/C19H13Cl3/c20-16-11-12-18(21)17(13-16)19(22,14-7-3-1-4-8-14)15-9-5-2-6-10-15/h1-13H. The van der Waals surface area contributed by atoms with Gasteiger partial charge in [0.2, 0.25) is 0 Å². The lowest BCUT2D eigenvalue weighted by Crippen LogP contribution is -2.22. The maximum Gasteiger partial charge on any atom is 0.121 e. The first-order chi connectivity index (χ1) is 10.6. The van der Waals surface area contributed by atoms with Gasteiger partial charge >= 0.3 is 0 Å². The number of hydrogen-bond donors (Lipinski definition) is 0. The Morgan fingerprint density at radius 1 is 0.636 bits per heavy atom. The zero-order valence-corrected chi connectivity index (χ0v) is 13.9. The van der Waals surface area contributed by atoms with Gasteiger partial charge in [0, 0.05) is 15.6 Å². The number of hydrogen-bond acceptors (Lipinski definition) is 0. The fourth-order valence-corrected chi connectivity index (χ4v) is 3.46. The van der Waals surface area contributed by atoms with Gasteiger partial charge in [-0.1, -0.05) is 83.9 Å². The molecule has 0 amide bonds. The average molecular weight is 348 g/mol. The van der Waals surface area contributed by atoms with Crippen LogP contribution in [0.3, 0.4) is 0 Å². The predicted molar refractivity (Wildman–Crippen MR) is 95.1 cm³/mol. The van der Waals surface area contributed by atoms with E-state index in [1.54, 1.807) is 12.1 Å². The molecule has 0 aliphatic heterocycles. The molecule has 0 heterocycles. The number of halogens is 3. The normalized spacial score (nSPS) is 11.4. The van der Waals surface area contributed by atoms with E-state index in [9.17, 15) is 0 Å². The Balaban J connectivity index is 2.31. The summed E-state index contributed by atoms with van der Waals surface area (Å²) < 4.78 is 0. The Morgan fingerprint density at radius 2 is 1.14 bits per heavy atom. The second-order valence-electron chi connectivity index (χ2n) is 5.01. The molecule has 0 aromatic heterocycles. The molecule has 0 fully saturated rings. The minimum atomic E-state index is -0.884. The van der Waals surface area contributed by atoms with Crippen molar-refractivity contribution in [2.24, 2.45) is 0 Å². The van der Waals surface area contributed by atoms with Crippen LogP contribution in [-0.4, -0.2) is 0 Å². The van der Waals surface area contributed by atoms with Crippen LogP contribution >= 0.6 is 34.8 Å². The molecule has 3 rings (SSSR count). The van der Waals surface area contributed by atoms with E-state index in [0.29, 0.717) is 10.0 Å². The molecule has 0 unspecified atom stereocenters. The third-order valence-electron chi connectivity index (χ3n) is 3.64. The number of rotatable bonds is 3. The quantitative estimate of drug-likeness (QED) is 0.373. The zero-order valence-electron chi connectivity index (χ0n) is 11.6. The SMILES string of the molecule is Clc1ccc(Cl)c(C(Cl)(c2ccccc2)c2ccccc2)c1. The maximum atomic E-state index is 7.15. The van der Waals surface area contributed by atoms with Gasteiger partial charge in [-0.15, -0.1) is 11.6 Å². The molecule has 0 saturated heterocycles. The maximum absolute atomic E-state index is 7.15. The van der Waals surface area contributed by atoms with E-state index in [4.69, 9.17) is 34.8 Å². The Bertz CT molecular complexity index is 728. The van der Waals surface area contributed by atoms with E-state index in [1.165, 1.54) is 0 Å². The van der Waals surface area contributed by atoms with Crippen LogP contribution in [0.1, 0.15) is 16.7 Å². The Labute approximate surface area is 145 Å². The van der Waals surface area contributed by atoms with E-state index in [0.717, 1.165) is 16.7 Å². The molecule has 3 aromatic rings. The Kier molecular flexibility index (Phi) is 4.44. The summed E-state index contributed by atoms with van der Waals surface area (Å²) in [5, 5.41) is 1.20. The van der Waals surface area contributed by atoms with Crippen LogP contribution in [0.2, 0.25) is 10.0 Å². The lowest BCUT2D eigenvalue weighted by Gasteiger charge is -2.30. The summed E-state index contributed by atoms with van der Waals surface area (Å²) >= 11 is 19.8. The van der Waals surface area contributed by atoms with Crippen LogP contribution in [0.25, 0.3) is 0 Å². The number of benzene rings is 3. The van der Waals surface area contributed by atoms with E-state index in [1.807, 2.05) is 66.7 Å². The second kappa shape index (κ2) is 6.34. The molecule has 0 bridgehead atoms. The van der Waals surface area contributed by atoms with Gasteiger partial charge in [-0.05, 0) is 29.3 Å². The van der Waals surface area contributed by atoms with Crippen molar-refractivity contribution in [1.82, 2.24) is 0 Å². The van der Waals surface area contributed by atoms with Crippen LogP contribution in [0, 0.1) is 0 Å². The summed E-state index contributed by atoms with van der Waals surface area (Å²) in [6.07, 6.45) is 0. The topological polar surface area (TPSA) is 0 Å². The van der Waals surface area contributed by atoms with Gasteiger partial charge in [0.1, 0.15) is 4.87 Å². The molecule has 0 aliphatic rings. The Hall–Kier alpha value is -1.47. The lowest BCUT2D eigenvalue weighted by molar-refractivity contribution is 0.880. The molecule has 0 saturated carbocycles. The highest BCUT2D eigenvalue weighted by Crippen LogP contribution is 2.46. The molecule has 22 heavy (non-hydrogen) atoms. The van der Waals surface area contributed by atoms with Gasteiger partial charge in [-0.2, -0.15) is 0 Å².